The van der Waals surface area contributed by atoms with Gasteiger partial charge in [0.15, 0.2) is 5.79 Å². The van der Waals surface area contributed by atoms with E-state index in [-0.39, 0.29) is 0 Å². The third-order valence-corrected chi connectivity index (χ3v) is 4.75. The van der Waals surface area contributed by atoms with E-state index in [1.165, 1.54) is 12.1 Å². The molecule has 0 saturated carbocycles. The van der Waals surface area contributed by atoms with Gasteiger partial charge in [0.1, 0.15) is 5.82 Å². The summed E-state index contributed by atoms with van der Waals surface area (Å²) in [5.41, 5.74) is -0.159. The second-order valence-corrected chi connectivity index (χ2v) is 6.54. The highest BCUT2D eigenvalue weighted by atomic mass is 19.4. The number of ether oxygens (including phenoxy) is 2. The molecule has 2 aliphatic rings. The van der Waals surface area contributed by atoms with Crippen LogP contribution in [0.4, 0.5) is 30.6 Å². The summed E-state index contributed by atoms with van der Waals surface area (Å²) in [7, 11) is 0. The minimum absolute atomic E-state index is 0.466. The molecule has 2 aliphatic heterocycles. The second-order valence-electron chi connectivity index (χ2n) is 6.54. The molecule has 3 heterocycles. The van der Waals surface area contributed by atoms with E-state index in [0.717, 1.165) is 25.0 Å². The van der Waals surface area contributed by atoms with Gasteiger partial charge in [-0.25, -0.2) is 4.98 Å². The molecule has 6 nitrogen and oxygen atoms in total. The van der Waals surface area contributed by atoms with Crippen molar-refractivity contribution in [1.82, 2.24) is 9.97 Å². The van der Waals surface area contributed by atoms with Gasteiger partial charge in [-0.15, -0.1) is 0 Å². The summed E-state index contributed by atoms with van der Waals surface area (Å²) in [5, 5.41) is 3.02. The molecular formula is C18H19F3N4O2. The predicted molar refractivity (Wildman–Crippen MR) is 92.8 cm³/mol. The maximum Gasteiger partial charge on any atom is 0.416 e. The molecule has 1 aromatic carbocycles. The zero-order chi connectivity index (χ0) is 18.9. The van der Waals surface area contributed by atoms with Gasteiger partial charge >= 0.3 is 6.18 Å². The van der Waals surface area contributed by atoms with Crippen molar-refractivity contribution in [1.29, 1.82) is 0 Å². The Bertz CT molecular complexity index is 782. The van der Waals surface area contributed by atoms with Gasteiger partial charge in [0, 0.05) is 37.8 Å². The van der Waals surface area contributed by atoms with E-state index in [4.69, 9.17) is 9.47 Å². The van der Waals surface area contributed by atoms with Gasteiger partial charge in [-0.2, -0.15) is 18.2 Å². The quantitative estimate of drug-likeness (QED) is 0.878. The topological polar surface area (TPSA) is 59.5 Å². The maximum absolute atomic E-state index is 12.7. The number of halogens is 3. The number of rotatable bonds is 3. The minimum atomic E-state index is -4.35. The van der Waals surface area contributed by atoms with Crippen LogP contribution < -0.4 is 10.2 Å². The molecule has 2 aromatic rings. The standard InChI is InChI=1S/C18H19F3N4O2/c19-18(20,21)13-1-3-14(4-2-13)23-15-5-8-22-16(24-15)25-9-6-17(7-10-25)26-11-12-27-17/h1-5,8H,6-7,9-12H2,(H,22,23,24). The minimum Gasteiger partial charge on any atom is -0.347 e. The van der Waals surface area contributed by atoms with Crippen LogP contribution in [0.15, 0.2) is 36.5 Å². The average Bonchev–Trinajstić information content (AvgIpc) is 3.10. The zero-order valence-electron chi connectivity index (χ0n) is 14.5. The van der Waals surface area contributed by atoms with Crippen molar-refractivity contribution < 1.29 is 22.6 Å². The molecule has 27 heavy (non-hydrogen) atoms. The van der Waals surface area contributed by atoms with Gasteiger partial charge in [-0.1, -0.05) is 0 Å². The molecule has 0 aliphatic carbocycles. The molecule has 4 rings (SSSR count). The summed E-state index contributed by atoms with van der Waals surface area (Å²) in [6.07, 6.45) is -1.24. The van der Waals surface area contributed by atoms with Crippen molar-refractivity contribution >= 4 is 17.5 Å². The Morgan fingerprint density at radius 3 is 2.30 bits per heavy atom. The van der Waals surface area contributed by atoms with Crippen molar-refractivity contribution in [3.05, 3.63) is 42.1 Å². The van der Waals surface area contributed by atoms with Crippen LogP contribution in [0, 0.1) is 0 Å². The summed E-state index contributed by atoms with van der Waals surface area (Å²) in [6.45, 7) is 2.68. The molecule has 1 N–H and O–H groups in total. The normalized spacial score (nSPS) is 19.4. The number of hydrogen-bond donors (Lipinski definition) is 1. The molecule has 0 amide bonds. The van der Waals surface area contributed by atoms with Crippen molar-refractivity contribution in [2.75, 3.05) is 36.5 Å². The first-order chi connectivity index (χ1) is 12.9. The number of aromatic nitrogens is 2. The van der Waals surface area contributed by atoms with Crippen molar-refractivity contribution in [3.8, 4) is 0 Å². The lowest BCUT2D eigenvalue weighted by Gasteiger charge is -2.37. The highest BCUT2D eigenvalue weighted by molar-refractivity contribution is 5.57. The Hall–Kier alpha value is -2.39. The lowest BCUT2D eigenvalue weighted by molar-refractivity contribution is -0.169. The van der Waals surface area contributed by atoms with E-state index in [0.29, 0.717) is 43.8 Å². The molecule has 144 valence electrons. The Morgan fingerprint density at radius 2 is 1.67 bits per heavy atom. The first-order valence-electron chi connectivity index (χ1n) is 8.74. The van der Waals surface area contributed by atoms with Gasteiger partial charge in [0.25, 0.3) is 0 Å². The number of nitrogens with one attached hydrogen (secondary N) is 1. The summed E-state index contributed by atoms with van der Waals surface area (Å²) in [4.78, 5) is 10.8. The number of piperidine rings is 1. The molecule has 1 spiro atoms. The van der Waals surface area contributed by atoms with Crippen molar-refractivity contribution in [3.63, 3.8) is 0 Å². The molecular weight excluding hydrogens is 361 g/mol. The predicted octanol–water partition coefficient (Wildman–Crippen LogP) is 3.58. The highest BCUT2D eigenvalue weighted by Gasteiger charge is 2.40. The molecule has 9 heteroatoms. The molecule has 2 fully saturated rings. The van der Waals surface area contributed by atoms with Gasteiger partial charge in [-0.05, 0) is 30.3 Å². The number of benzene rings is 1. The van der Waals surface area contributed by atoms with E-state index in [9.17, 15) is 13.2 Å². The summed E-state index contributed by atoms with van der Waals surface area (Å²) < 4.78 is 49.4. The maximum atomic E-state index is 12.7. The smallest absolute Gasteiger partial charge is 0.347 e. The van der Waals surface area contributed by atoms with Crippen molar-refractivity contribution in [2.24, 2.45) is 0 Å². The number of hydrogen-bond acceptors (Lipinski definition) is 6. The monoisotopic (exact) mass is 380 g/mol. The fourth-order valence-corrected chi connectivity index (χ4v) is 3.29. The Labute approximate surface area is 154 Å². The number of nitrogens with zero attached hydrogens (tertiary/aromatic N) is 3. The lowest BCUT2D eigenvalue weighted by Crippen LogP contribution is -2.45. The van der Waals surface area contributed by atoms with E-state index >= 15 is 0 Å². The van der Waals surface area contributed by atoms with Gasteiger partial charge in [0.2, 0.25) is 5.95 Å². The summed E-state index contributed by atoms with van der Waals surface area (Å²) >= 11 is 0. The fourth-order valence-electron chi connectivity index (χ4n) is 3.29. The Morgan fingerprint density at radius 1 is 1.00 bits per heavy atom. The molecule has 1 aromatic heterocycles. The van der Waals surface area contributed by atoms with E-state index < -0.39 is 17.5 Å². The van der Waals surface area contributed by atoms with Crippen LogP contribution in [0.25, 0.3) is 0 Å². The molecule has 0 bridgehead atoms. The highest BCUT2D eigenvalue weighted by Crippen LogP contribution is 2.33. The van der Waals surface area contributed by atoms with Crippen LogP contribution in [0.1, 0.15) is 18.4 Å². The van der Waals surface area contributed by atoms with Crippen LogP contribution in [0.3, 0.4) is 0 Å². The third kappa shape index (κ3) is 3.98. The van der Waals surface area contributed by atoms with Crippen molar-refractivity contribution in [2.45, 2.75) is 24.8 Å². The van der Waals surface area contributed by atoms with Gasteiger partial charge < -0.3 is 19.7 Å². The summed E-state index contributed by atoms with van der Waals surface area (Å²) in [5.74, 6) is 0.625. The van der Waals surface area contributed by atoms with Crippen LogP contribution in [0.2, 0.25) is 0 Å². The van der Waals surface area contributed by atoms with E-state index in [1.807, 2.05) is 4.90 Å². The van der Waals surface area contributed by atoms with Crippen LogP contribution in [-0.2, 0) is 15.7 Å². The van der Waals surface area contributed by atoms with Crippen LogP contribution >= 0.6 is 0 Å². The average molecular weight is 380 g/mol. The molecule has 0 atom stereocenters. The van der Waals surface area contributed by atoms with E-state index in [1.54, 1.807) is 12.3 Å². The Kier molecular flexibility index (Phi) is 4.65. The molecule has 0 radical (unpaired) electrons. The van der Waals surface area contributed by atoms with Gasteiger partial charge in [-0.3, -0.25) is 0 Å². The first-order valence-corrected chi connectivity index (χ1v) is 8.74. The second kappa shape index (κ2) is 6.97. The molecule has 2 saturated heterocycles. The molecule has 0 unspecified atom stereocenters. The first kappa shape index (κ1) is 18.0. The van der Waals surface area contributed by atoms with Gasteiger partial charge in [0.05, 0.1) is 18.8 Å². The largest absolute Gasteiger partial charge is 0.416 e. The number of anilines is 3. The lowest BCUT2D eigenvalue weighted by atomic mass is 10.0. The Balaban J connectivity index is 1.42. The SMILES string of the molecule is FC(F)(F)c1ccc(Nc2ccnc(N3CCC4(CC3)OCCO4)n2)cc1. The summed E-state index contributed by atoms with van der Waals surface area (Å²) in [6, 6.07) is 6.51. The third-order valence-electron chi connectivity index (χ3n) is 4.75. The zero-order valence-corrected chi connectivity index (χ0v) is 14.5. The fraction of sp³-hybridized carbons (Fsp3) is 0.444. The van der Waals surface area contributed by atoms with Crippen LogP contribution in [-0.4, -0.2) is 42.1 Å². The van der Waals surface area contributed by atoms with E-state index in [2.05, 4.69) is 15.3 Å². The number of alkyl halides is 3. The van der Waals surface area contributed by atoms with Crippen LogP contribution in [0.5, 0.6) is 0 Å².